The van der Waals surface area contributed by atoms with E-state index >= 15 is 0 Å². The van der Waals surface area contributed by atoms with Gasteiger partial charge in [0, 0.05) is 5.56 Å². The molecule has 0 saturated carbocycles. The maximum absolute atomic E-state index is 12.4. The Morgan fingerprint density at radius 3 is 1.66 bits per heavy atom. The summed E-state index contributed by atoms with van der Waals surface area (Å²) < 4.78 is 103. The van der Waals surface area contributed by atoms with Crippen LogP contribution in [0.3, 0.4) is 0 Å². The maximum atomic E-state index is 12.4. The van der Waals surface area contributed by atoms with Crippen molar-refractivity contribution in [2.45, 2.75) is 5.02 Å². The molecule has 0 fully saturated rings. The molecule has 0 aliphatic rings. The second-order valence-electron chi connectivity index (χ2n) is 8.29. The van der Waals surface area contributed by atoms with E-state index in [4.69, 9.17) is 50.0 Å². The Kier molecular flexibility index (Phi) is 9.80. The van der Waals surface area contributed by atoms with Crippen LogP contribution in [-0.2, 0) is 30.4 Å². The van der Waals surface area contributed by atoms with E-state index in [0.29, 0.717) is 11.1 Å². The first-order chi connectivity index (χ1) is 18.9. The summed E-state index contributed by atoms with van der Waals surface area (Å²) in [5, 5.41) is -1.37. The predicted octanol–water partition coefficient (Wildman–Crippen LogP) is 4.19. The number of methoxy groups -OCH3 is 2. The van der Waals surface area contributed by atoms with Crippen LogP contribution < -0.4 is 26.8 Å². The van der Waals surface area contributed by atoms with Crippen LogP contribution in [0.1, 0.15) is 0 Å². The molecule has 0 radical (unpaired) electrons. The van der Waals surface area contributed by atoms with E-state index in [2.05, 4.69) is 0 Å². The van der Waals surface area contributed by atoms with Gasteiger partial charge in [-0.1, -0.05) is 41.4 Å². The van der Waals surface area contributed by atoms with E-state index in [-0.39, 0.29) is 45.6 Å². The molecule has 0 atom stereocenters. The lowest BCUT2D eigenvalue weighted by atomic mass is 9.96. The molecule has 3 rings (SSSR count). The van der Waals surface area contributed by atoms with E-state index in [1.807, 2.05) is 0 Å². The van der Waals surface area contributed by atoms with E-state index < -0.39 is 35.4 Å². The highest BCUT2D eigenvalue weighted by Gasteiger charge is 2.27. The Morgan fingerprint density at radius 2 is 1.17 bits per heavy atom. The summed E-state index contributed by atoms with van der Waals surface area (Å²) in [6, 6.07) is 11.3. The van der Waals surface area contributed by atoms with Gasteiger partial charge < -0.3 is 26.8 Å². The summed E-state index contributed by atoms with van der Waals surface area (Å²) in [6.45, 7) is 0. The van der Waals surface area contributed by atoms with Gasteiger partial charge in [-0.05, 0) is 41.5 Å². The predicted molar refractivity (Wildman–Crippen MR) is 153 cm³/mol. The highest BCUT2D eigenvalue weighted by molar-refractivity contribution is 7.86. The van der Waals surface area contributed by atoms with Gasteiger partial charge in [0.1, 0.15) is 11.5 Å². The van der Waals surface area contributed by atoms with E-state index in [9.17, 15) is 25.3 Å². The molecule has 0 aromatic heterocycles. The normalized spacial score (nSPS) is 12.1. The lowest BCUT2D eigenvalue weighted by Gasteiger charge is -2.21. The molecule has 0 saturated heterocycles. The van der Waals surface area contributed by atoms with Crippen molar-refractivity contribution in [2.24, 2.45) is 0 Å². The third-order valence-electron chi connectivity index (χ3n) is 4.96. The van der Waals surface area contributed by atoms with Gasteiger partial charge >= 0.3 is 30.4 Å². The monoisotopic (exact) mass is 670 g/mol. The Morgan fingerprint density at radius 1 is 0.610 bits per heavy atom. The van der Waals surface area contributed by atoms with Crippen molar-refractivity contribution in [2.75, 3.05) is 33.0 Å². The molecule has 17 heteroatoms. The van der Waals surface area contributed by atoms with Gasteiger partial charge in [0.25, 0.3) is 0 Å². The van der Waals surface area contributed by atoms with Crippen molar-refractivity contribution in [3.05, 3.63) is 48.5 Å². The molecule has 41 heavy (non-hydrogen) atoms. The second-order valence-corrected chi connectivity index (χ2v) is 14.0. The standard InChI is InChI=1S/C24H24Cl2O12S3/c1-33-20-13-17(14-6-9-16(10-7-14)36-39(3,27)28)22(34-2)23(38-41(5,31)32)21(20)15-8-11-18(35-24(25)26)19(12-15)37-40(4,29)30/h6-13,24H,1-5H3. The Balaban J connectivity index is 2.34. The fraction of sp³-hybridized carbons (Fsp3) is 0.250. The van der Waals surface area contributed by atoms with Gasteiger partial charge in [-0.15, -0.1) is 0 Å². The number of hydrogen-bond acceptors (Lipinski definition) is 12. The van der Waals surface area contributed by atoms with Crippen molar-refractivity contribution >= 4 is 53.6 Å². The van der Waals surface area contributed by atoms with Crippen LogP contribution in [0.15, 0.2) is 48.5 Å². The number of hydrogen-bond donors (Lipinski definition) is 0. The molecule has 0 aliphatic heterocycles. The molecule has 0 bridgehead atoms. The van der Waals surface area contributed by atoms with Crippen LogP contribution in [-0.4, -0.2) is 63.3 Å². The van der Waals surface area contributed by atoms with Crippen LogP contribution in [0.4, 0.5) is 0 Å². The van der Waals surface area contributed by atoms with E-state index in [0.717, 1.165) is 18.8 Å². The van der Waals surface area contributed by atoms with Crippen LogP contribution in [0, 0.1) is 0 Å². The first-order valence-corrected chi connectivity index (χ1v) is 17.4. The molecule has 0 amide bonds. The number of rotatable bonds is 12. The van der Waals surface area contributed by atoms with Crippen molar-refractivity contribution in [1.29, 1.82) is 0 Å². The molecule has 12 nitrogen and oxygen atoms in total. The number of benzene rings is 3. The average Bonchev–Trinajstić information content (AvgIpc) is 2.82. The first-order valence-electron chi connectivity index (χ1n) is 11.1. The second kappa shape index (κ2) is 12.4. The maximum Gasteiger partial charge on any atom is 0.306 e. The smallest absolute Gasteiger partial charge is 0.306 e. The van der Waals surface area contributed by atoms with Crippen molar-refractivity contribution in [3.8, 4) is 56.8 Å². The molecule has 0 heterocycles. The van der Waals surface area contributed by atoms with Crippen molar-refractivity contribution in [1.82, 2.24) is 0 Å². The fourth-order valence-electron chi connectivity index (χ4n) is 3.65. The summed E-state index contributed by atoms with van der Waals surface area (Å²) in [4.78, 5) is 0. The van der Waals surface area contributed by atoms with Crippen LogP contribution in [0.25, 0.3) is 22.3 Å². The van der Waals surface area contributed by atoms with Crippen molar-refractivity contribution < 1.29 is 52.0 Å². The molecule has 0 aliphatic carbocycles. The van der Waals surface area contributed by atoms with E-state index in [1.165, 1.54) is 62.8 Å². The lowest BCUT2D eigenvalue weighted by Crippen LogP contribution is -2.10. The molecular weight excluding hydrogens is 647 g/mol. The molecule has 0 N–H and O–H groups in total. The summed E-state index contributed by atoms with van der Waals surface area (Å²) in [6.07, 6.45) is 2.53. The summed E-state index contributed by atoms with van der Waals surface area (Å²) in [5.41, 5.74) is 0.978. The zero-order valence-corrected chi connectivity index (χ0v) is 26.0. The van der Waals surface area contributed by atoms with E-state index in [1.54, 1.807) is 0 Å². The van der Waals surface area contributed by atoms with Crippen LogP contribution in [0.2, 0.25) is 0 Å². The quantitative estimate of drug-likeness (QED) is 0.200. The van der Waals surface area contributed by atoms with Gasteiger partial charge in [-0.3, -0.25) is 0 Å². The van der Waals surface area contributed by atoms with Crippen molar-refractivity contribution in [3.63, 3.8) is 0 Å². The topological polar surface area (TPSA) is 158 Å². The minimum absolute atomic E-state index is 0.0447. The zero-order valence-electron chi connectivity index (χ0n) is 22.1. The zero-order chi connectivity index (χ0) is 30.8. The van der Waals surface area contributed by atoms with Crippen LogP contribution >= 0.6 is 23.2 Å². The summed E-state index contributed by atoms with van der Waals surface area (Å²) in [5.74, 6) is -0.652. The van der Waals surface area contributed by atoms with Crippen LogP contribution in [0.5, 0.6) is 34.5 Å². The fourth-order valence-corrected chi connectivity index (χ4v) is 5.22. The molecule has 3 aromatic carbocycles. The lowest BCUT2D eigenvalue weighted by molar-refractivity contribution is 0.340. The highest BCUT2D eigenvalue weighted by atomic mass is 35.5. The number of halogens is 2. The molecular formula is C24H24Cl2O12S3. The van der Waals surface area contributed by atoms with Gasteiger partial charge in [-0.2, -0.15) is 25.3 Å². The average molecular weight is 672 g/mol. The van der Waals surface area contributed by atoms with Gasteiger partial charge in [0.2, 0.25) is 5.02 Å². The Bertz CT molecular complexity index is 1750. The minimum atomic E-state index is -4.16. The molecule has 0 spiro atoms. The Labute approximate surface area is 248 Å². The largest absolute Gasteiger partial charge is 0.496 e. The summed E-state index contributed by atoms with van der Waals surface area (Å²) in [7, 11) is -9.39. The molecule has 3 aromatic rings. The third kappa shape index (κ3) is 8.94. The molecule has 224 valence electrons. The highest BCUT2D eigenvalue weighted by Crippen LogP contribution is 2.52. The Hall–Kier alpha value is -3.11. The summed E-state index contributed by atoms with van der Waals surface area (Å²) >= 11 is 11.4. The van der Waals surface area contributed by atoms with Gasteiger partial charge in [-0.25, -0.2) is 0 Å². The van der Waals surface area contributed by atoms with Gasteiger partial charge in [0.05, 0.1) is 38.6 Å². The first kappa shape index (κ1) is 32.4. The third-order valence-corrected chi connectivity index (χ3v) is 6.59. The SMILES string of the molecule is COc1cc(-c2ccc(OS(C)(=O)=O)cc2)c(OC)c(OS(C)(=O)=O)c1-c1ccc(OC(Cl)Cl)c(OS(C)(=O)=O)c1. The minimum Gasteiger partial charge on any atom is -0.496 e. The number of ether oxygens (including phenoxy) is 3. The van der Waals surface area contributed by atoms with Gasteiger partial charge in [0.15, 0.2) is 23.0 Å². The number of alkyl halides is 2. The molecule has 0 unspecified atom stereocenters.